The standard InChI is InChI=1S/C18H23N3/c1-3-4-18-19-11-16-9-10-21(13-17(16)20-18)12-15-7-5-14(2)6-8-15/h5-8,11H,3-4,9-10,12-13H2,1-2H3. The molecule has 1 aromatic heterocycles. The summed E-state index contributed by atoms with van der Waals surface area (Å²) in [6.45, 7) is 7.35. The van der Waals surface area contributed by atoms with Gasteiger partial charge in [0.25, 0.3) is 0 Å². The fraction of sp³-hybridized carbons (Fsp3) is 0.444. The second-order valence-electron chi connectivity index (χ2n) is 5.95. The molecule has 0 radical (unpaired) electrons. The first-order chi connectivity index (χ1) is 10.2. The van der Waals surface area contributed by atoms with Crippen LogP contribution in [0.3, 0.4) is 0 Å². The molecule has 0 saturated heterocycles. The van der Waals surface area contributed by atoms with Gasteiger partial charge < -0.3 is 0 Å². The molecule has 1 aromatic carbocycles. The Labute approximate surface area is 127 Å². The molecule has 0 spiro atoms. The second-order valence-corrected chi connectivity index (χ2v) is 5.95. The third-order valence-electron chi connectivity index (χ3n) is 4.08. The number of benzene rings is 1. The Balaban J connectivity index is 1.71. The monoisotopic (exact) mass is 281 g/mol. The van der Waals surface area contributed by atoms with E-state index in [-0.39, 0.29) is 0 Å². The molecule has 0 amide bonds. The van der Waals surface area contributed by atoms with E-state index in [9.17, 15) is 0 Å². The molecule has 3 nitrogen and oxygen atoms in total. The van der Waals surface area contributed by atoms with E-state index in [0.29, 0.717) is 0 Å². The summed E-state index contributed by atoms with van der Waals surface area (Å²) in [7, 11) is 0. The van der Waals surface area contributed by atoms with E-state index in [4.69, 9.17) is 4.98 Å². The average molecular weight is 281 g/mol. The molecule has 2 heterocycles. The average Bonchev–Trinajstić information content (AvgIpc) is 2.50. The van der Waals surface area contributed by atoms with Gasteiger partial charge in [0.2, 0.25) is 0 Å². The van der Waals surface area contributed by atoms with Crippen molar-refractivity contribution in [3.05, 3.63) is 58.7 Å². The molecule has 1 aliphatic heterocycles. The van der Waals surface area contributed by atoms with E-state index < -0.39 is 0 Å². The molecule has 3 heteroatoms. The van der Waals surface area contributed by atoms with Crippen LogP contribution in [0, 0.1) is 6.92 Å². The number of aromatic nitrogens is 2. The SMILES string of the molecule is CCCc1ncc2c(n1)CN(Cc1ccc(C)cc1)CC2. The topological polar surface area (TPSA) is 29.0 Å². The zero-order chi connectivity index (χ0) is 14.7. The quantitative estimate of drug-likeness (QED) is 0.861. The van der Waals surface area contributed by atoms with Crippen molar-refractivity contribution in [3.8, 4) is 0 Å². The maximum absolute atomic E-state index is 4.76. The number of fused-ring (bicyclic) bond motifs is 1. The van der Waals surface area contributed by atoms with Gasteiger partial charge in [0.1, 0.15) is 5.82 Å². The first-order valence-electron chi connectivity index (χ1n) is 7.86. The van der Waals surface area contributed by atoms with Crippen LogP contribution in [0.4, 0.5) is 0 Å². The molecule has 0 aliphatic carbocycles. The van der Waals surface area contributed by atoms with E-state index >= 15 is 0 Å². The highest BCUT2D eigenvalue weighted by atomic mass is 15.1. The Bertz CT molecular complexity index is 604. The summed E-state index contributed by atoms with van der Waals surface area (Å²) in [5, 5.41) is 0. The summed E-state index contributed by atoms with van der Waals surface area (Å²) in [6.07, 6.45) is 5.18. The predicted octanol–water partition coefficient (Wildman–Crippen LogP) is 3.30. The lowest BCUT2D eigenvalue weighted by Crippen LogP contribution is -2.31. The molecule has 1 aliphatic rings. The summed E-state index contributed by atoms with van der Waals surface area (Å²) in [5.74, 6) is 0.994. The highest BCUT2D eigenvalue weighted by Crippen LogP contribution is 2.19. The van der Waals surface area contributed by atoms with Gasteiger partial charge in [0.15, 0.2) is 0 Å². The Morgan fingerprint density at radius 2 is 2.00 bits per heavy atom. The van der Waals surface area contributed by atoms with Gasteiger partial charge in [-0.2, -0.15) is 0 Å². The highest BCUT2D eigenvalue weighted by Gasteiger charge is 2.18. The summed E-state index contributed by atoms with van der Waals surface area (Å²) in [6, 6.07) is 8.84. The molecule has 2 aromatic rings. The normalized spacial score (nSPS) is 15.0. The first kappa shape index (κ1) is 14.2. The second kappa shape index (κ2) is 6.35. The lowest BCUT2D eigenvalue weighted by molar-refractivity contribution is 0.240. The van der Waals surface area contributed by atoms with Gasteiger partial charge in [-0.3, -0.25) is 4.90 Å². The Morgan fingerprint density at radius 1 is 1.19 bits per heavy atom. The molecule has 110 valence electrons. The fourth-order valence-electron chi connectivity index (χ4n) is 2.83. The van der Waals surface area contributed by atoms with Crippen LogP contribution < -0.4 is 0 Å². The molecule has 0 fully saturated rings. The lowest BCUT2D eigenvalue weighted by Gasteiger charge is -2.28. The van der Waals surface area contributed by atoms with Gasteiger partial charge >= 0.3 is 0 Å². The maximum atomic E-state index is 4.76. The van der Waals surface area contributed by atoms with Crippen LogP contribution in [0.15, 0.2) is 30.5 Å². The van der Waals surface area contributed by atoms with Crippen molar-refractivity contribution in [1.82, 2.24) is 14.9 Å². The van der Waals surface area contributed by atoms with E-state index in [1.54, 1.807) is 0 Å². The highest BCUT2D eigenvalue weighted by molar-refractivity contribution is 5.23. The summed E-state index contributed by atoms with van der Waals surface area (Å²) < 4.78 is 0. The number of hydrogen-bond donors (Lipinski definition) is 0. The van der Waals surface area contributed by atoms with Crippen LogP contribution in [-0.4, -0.2) is 21.4 Å². The van der Waals surface area contributed by atoms with Crippen molar-refractivity contribution in [3.63, 3.8) is 0 Å². The van der Waals surface area contributed by atoms with E-state index in [1.807, 2.05) is 6.20 Å². The fourth-order valence-corrected chi connectivity index (χ4v) is 2.83. The minimum Gasteiger partial charge on any atom is -0.293 e. The molecular weight excluding hydrogens is 258 g/mol. The molecule has 3 rings (SSSR count). The third kappa shape index (κ3) is 3.48. The third-order valence-corrected chi connectivity index (χ3v) is 4.08. The predicted molar refractivity (Wildman–Crippen MR) is 85.0 cm³/mol. The minimum absolute atomic E-state index is 0.947. The van der Waals surface area contributed by atoms with Crippen LogP contribution in [0.1, 0.15) is 41.6 Å². The van der Waals surface area contributed by atoms with Crippen molar-refractivity contribution in [2.24, 2.45) is 0 Å². The van der Waals surface area contributed by atoms with Crippen LogP contribution in [0.25, 0.3) is 0 Å². The van der Waals surface area contributed by atoms with E-state index in [0.717, 1.165) is 44.7 Å². The van der Waals surface area contributed by atoms with Crippen molar-refractivity contribution in [2.45, 2.75) is 46.2 Å². The van der Waals surface area contributed by atoms with Gasteiger partial charge in [-0.15, -0.1) is 0 Å². The minimum atomic E-state index is 0.947. The summed E-state index contributed by atoms with van der Waals surface area (Å²) in [5.41, 5.74) is 5.26. The maximum Gasteiger partial charge on any atom is 0.128 e. The van der Waals surface area contributed by atoms with E-state index in [1.165, 1.54) is 22.4 Å². The van der Waals surface area contributed by atoms with Crippen LogP contribution in [-0.2, 0) is 25.9 Å². The van der Waals surface area contributed by atoms with E-state index in [2.05, 4.69) is 48.0 Å². The number of hydrogen-bond acceptors (Lipinski definition) is 3. The van der Waals surface area contributed by atoms with Crippen molar-refractivity contribution in [2.75, 3.05) is 6.54 Å². The Hall–Kier alpha value is -1.74. The molecule has 0 saturated carbocycles. The zero-order valence-corrected chi connectivity index (χ0v) is 13.0. The van der Waals surface area contributed by atoms with Crippen LogP contribution >= 0.6 is 0 Å². The molecule has 21 heavy (non-hydrogen) atoms. The van der Waals surface area contributed by atoms with Crippen LogP contribution in [0.2, 0.25) is 0 Å². The first-order valence-corrected chi connectivity index (χ1v) is 7.86. The van der Waals surface area contributed by atoms with Crippen molar-refractivity contribution < 1.29 is 0 Å². The summed E-state index contributed by atoms with van der Waals surface area (Å²) >= 11 is 0. The number of nitrogens with zero attached hydrogens (tertiary/aromatic N) is 3. The summed E-state index contributed by atoms with van der Waals surface area (Å²) in [4.78, 5) is 11.7. The smallest absolute Gasteiger partial charge is 0.128 e. The van der Waals surface area contributed by atoms with Crippen LogP contribution in [0.5, 0.6) is 0 Å². The Kier molecular flexibility index (Phi) is 4.30. The van der Waals surface area contributed by atoms with Gasteiger partial charge in [0.05, 0.1) is 5.69 Å². The lowest BCUT2D eigenvalue weighted by atomic mass is 10.1. The van der Waals surface area contributed by atoms with Crippen molar-refractivity contribution in [1.29, 1.82) is 0 Å². The van der Waals surface area contributed by atoms with Gasteiger partial charge in [-0.1, -0.05) is 36.8 Å². The zero-order valence-electron chi connectivity index (χ0n) is 13.0. The largest absolute Gasteiger partial charge is 0.293 e. The van der Waals surface area contributed by atoms with Gasteiger partial charge in [-0.05, 0) is 30.9 Å². The van der Waals surface area contributed by atoms with Gasteiger partial charge in [0, 0.05) is 32.3 Å². The molecular formula is C18H23N3. The number of aryl methyl sites for hydroxylation is 2. The molecule has 0 atom stereocenters. The Morgan fingerprint density at radius 3 is 2.76 bits per heavy atom. The molecule has 0 bridgehead atoms. The molecule has 0 N–H and O–H groups in total. The van der Waals surface area contributed by atoms with Gasteiger partial charge in [-0.25, -0.2) is 9.97 Å². The number of rotatable bonds is 4. The molecule has 0 unspecified atom stereocenters. The van der Waals surface area contributed by atoms with Crippen molar-refractivity contribution >= 4 is 0 Å².